The summed E-state index contributed by atoms with van der Waals surface area (Å²) in [5, 5.41) is 17.9. The maximum atomic E-state index is 7.53. The van der Waals surface area contributed by atoms with Gasteiger partial charge in [-0.05, 0) is 295 Å². The van der Waals surface area contributed by atoms with Crippen LogP contribution in [0.5, 0.6) is 0 Å². The second-order valence-corrected chi connectivity index (χ2v) is 34.7. The lowest BCUT2D eigenvalue weighted by Crippen LogP contribution is -2.21. The minimum atomic E-state index is 0.0252. The summed E-state index contributed by atoms with van der Waals surface area (Å²) in [6.07, 6.45) is 1.70. The minimum Gasteiger partial charge on any atom is -0.464 e. The topological polar surface area (TPSA) is 812 Å². The average molecular weight is 2040 g/mol. The van der Waals surface area contributed by atoms with Crippen molar-refractivity contribution in [2.45, 2.75) is 13.8 Å². The fraction of sp³-hybridized carbons (Fsp3) is 0.0183. The molecule has 0 fully saturated rings. The lowest BCUT2D eigenvalue weighted by atomic mass is 10.1. The molecular formula is C109H110N36O3S2. The first-order valence-corrected chi connectivity index (χ1v) is 47.1. The number of furan rings is 3. The Bertz CT molecular complexity index is 7020. The second kappa shape index (κ2) is 49.9. The molecule has 18 aromatic rings. The molecule has 0 aliphatic rings. The Labute approximate surface area is 869 Å². The molecule has 12 aromatic carbocycles. The number of H-pyrrole nitrogens is 1. The molecule has 0 saturated carbocycles. The fourth-order valence-electron chi connectivity index (χ4n) is 14.6. The maximum Gasteiger partial charge on any atom is 0.191 e. The molecule has 0 bridgehead atoms. The molecule has 18 rings (SSSR count). The van der Waals surface area contributed by atoms with Gasteiger partial charge in [0.15, 0.2) is 59.6 Å². The molecule has 756 valence electrons. The van der Waals surface area contributed by atoms with Crippen LogP contribution in [0.1, 0.15) is 22.3 Å². The van der Waals surface area contributed by atoms with Gasteiger partial charge in [-0.2, -0.15) is 0 Å². The number of aromatic amines is 1. The van der Waals surface area contributed by atoms with Gasteiger partial charge >= 0.3 is 0 Å². The number of hydrogen-bond acceptors (Lipinski definition) is 18. The van der Waals surface area contributed by atoms with E-state index < -0.39 is 0 Å². The predicted octanol–water partition coefficient (Wildman–Crippen LogP) is 16.0. The number of nitrogen functional groups attached to an aromatic ring is 2. The average Bonchev–Trinajstić information content (AvgIpc) is 1.65. The zero-order valence-corrected chi connectivity index (χ0v) is 82.7. The predicted molar refractivity (Wildman–Crippen MR) is 615 cm³/mol. The van der Waals surface area contributed by atoms with Crippen molar-refractivity contribution in [1.29, 1.82) is 10.8 Å². The lowest BCUT2D eigenvalue weighted by molar-refractivity contribution is 0.583. The van der Waals surface area contributed by atoms with Crippen LogP contribution in [0, 0.1) is 24.7 Å². The highest BCUT2D eigenvalue weighted by molar-refractivity contribution is 7.18. The van der Waals surface area contributed by atoms with Gasteiger partial charge in [-0.25, -0.2) is 54.9 Å². The van der Waals surface area contributed by atoms with Gasteiger partial charge in [0.05, 0.1) is 68.8 Å². The number of nitrogens with zero attached hydrogens (tertiary/aromatic N) is 11. The second-order valence-electron chi connectivity index (χ2n) is 32.7. The van der Waals surface area contributed by atoms with E-state index >= 15 is 0 Å². The number of nitrogens with two attached hydrogens (primary N) is 22. The molecule has 0 aliphatic carbocycles. The van der Waals surface area contributed by atoms with Gasteiger partial charge < -0.3 is 144 Å². The number of amidine groups is 2. The Morgan fingerprint density at radius 1 is 0.253 bits per heavy atom. The zero-order chi connectivity index (χ0) is 107. The standard InChI is InChI=1S/C20H22N6O.2C18H18N6O.C18H18N6S.C18H17N5.C17H17N7S/c1-11-9-13(25-19(21)22)3-5-15(11)17-7-8-18(27-17)16-6-4-14(10-12(16)2)26-20(23)24;19-17(20)23-14-5-1-11(2-6-14)13-9-16(25-10-13)12-3-7-15(8-4-12)24-18(21)22;2*19-17(20)23-13-5-1-11(2-6-13)15-9-10-16(25-15)12-3-7-14(8-4-12)24-18(21)22;19-17(20)12-6-4-11(5-7-12)15-8-9-16(23-15)13-2-1-3-14(10-13)18(21)22;18-16(19)22-12-5-1-10(2-6-12)14-9-25-15(24-14)11-3-7-13(8-4-11)23-17(20)21/h3-10H,1-2H3,(H4,21,22,25)(H4,23,24,26);3*1-10H,(H4,19,20,23)(H4,21,22,24);1-10,23H,(H3,19,20)(H3,21,22);1-9H,(H4,18,19,22)(H4,20,21,23). The van der Waals surface area contributed by atoms with Gasteiger partial charge in [0, 0.05) is 82.2 Å². The molecule has 39 nitrogen and oxygen atoms in total. The van der Waals surface area contributed by atoms with E-state index in [1.807, 2.05) is 341 Å². The van der Waals surface area contributed by atoms with E-state index in [0.29, 0.717) is 56.6 Å². The minimum absolute atomic E-state index is 0.0252. The molecule has 47 N–H and O–H groups in total. The summed E-state index contributed by atoms with van der Waals surface area (Å²) in [6, 6.07) is 105. The van der Waals surface area contributed by atoms with E-state index in [0.717, 1.165) is 146 Å². The molecule has 0 atom stereocenters. The summed E-state index contributed by atoms with van der Waals surface area (Å²) in [7, 11) is 0. The monoisotopic (exact) mass is 2030 g/mol. The summed E-state index contributed by atoms with van der Waals surface area (Å²) in [6.45, 7) is 3.97. The van der Waals surface area contributed by atoms with E-state index in [9.17, 15) is 0 Å². The highest BCUT2D eigenvalue weighted by Crippen LogP contribution is 2.41. The van der Waals surface area contributed by atoms with Crippen molar-refractivity contribution in [3.8, 4) is 133 Å². The third-order valence-electron chi connectivity index (χ3n) is 21.4. The Balaban J connectivity index is 0.000000150. The van der Waals surface area contributed by atoms with Gasteiger partial charge in [-0.3, -0.25) is 10.8 Å². The van der Waals surface area contributed by atoms with Crippen LogP contribution in [0.4, 0.5) is 56.9 Å². The quantitative estimate of drug-likeness (QED) is 0.0197. The summed E-state index contributed by atoms with van der Waals surface area (Å²) in [4.78, 5) is 50.5. The molecule has 0 aliphatic heterocycles. The number of thiazole rings is 1. The molecule has 0 saturated heterocycles. The van der Waals surface area contributed by atoms with Gasteiger partial charge in [-0.15, -0.1) is 22.7 Å². The molecule has 41 heteroatoms. The summed E-state index contributed by atoms with van der Waals surface area (Å²) < 4.78 is 17.7. The normalized spacial score (nSPS) is 10.3. The van der Waals surface area contributed by atoms with Crippen molar-refractivity contribution in [3.05, 3.63) is 368 Å². The van der Waals surface area contributed by atoms with Crippen LogP contribution in [0.15, 0.2) is 408 Å². The Morgan fingerprint density at radius 2 is 0.553 bits per heavy atom. The maximum absolute atomic E-state index is 7.53. The fourth-order valence-corrected chi connectivity index (χ4v) is 16.5. The Morgan fingerprint density at radius 3 is 0.907 bits per heavy atom. The number of hydrogen-bond donors (Lipinski definition) is 25. The Hall–Kier alpha value is -21.3. The molecule has 0 spiro atoms. The molecule has 6 heterocycles. The van der Waals surface area contributed by atoms with Crippen LogP contribution in [-0.2, 0) is 0 Å². The number of aliphatic imine (C=N–C) groups is 10. The summed E-state index contributed by atoms with van der Waals surface area (Å²) in [5.74, 6) is 4.24. The Kier molecular flexibility index (Phi) is 35.3. The van der Waals surface area contributed by atoms with E-state index in [4.69, 9.17) is 150 Å². The molecule has 0 amide bonds. The zero-order valence-electron chi connectivity index (χ0n) is 81.1. The highest BCUT2D eigenvalue weighted by atomic mass is 32.1. The van der Waals surface area contributed by atoms with Gasteiger partial charge in [0.2, 0.25) is 0 Å². The number of aryl methyl sites for hydroxylation is 2. The smallest absolute Gasteiger partial charge is 0.191 e. The van der Waals surface area contributed by atoms with Crippen molar-refractivity contribution < 1.29 is 13.3 Å². The van der Waals surface area contributed by atoms with Crippen LogP contribution in [0.3, 0.4) is 0 Å². The summed E-state index contributed by atoms with van der Waals surface area (Å²) in [5.41, 5.74) is 145. The number of aromatic nitrogens is 2. The number of nitrogens with one attached hydrogen (secondary N) is 3. The van der Waals surface area contributed by atoms with Gasteiger partial charge in [0.25, 0.3) is 0 Å². The van der Waals surface area contributed by atoms with Crippen LogP contribution in [0.25, 0.3) is 133 Å². The molecule has 6 aromatic heterocycles. The SMILES string of the molecule is Cc1cc(N=C(N)N)ccc1-c1ccc(-c2ccc(N=C(N)N)cc2C)o1.N=C(N)c1ccc(-c2ccc(-c3cccc(C(=N)N)c3)[nH]2)cc1.NC(N)=Nc1ccc(-c2ccc(-c3ccc(N=C(N)N)cc3)o2)cc1.NC(N)=Nc1ccc(-c2ccc(-c3ccc(N=C(N)N)cc3)s2)cc1.NC(N)=Nc1ccc(-c2coc(-c3ccc(N=C(N)N)cc3)c2)cc1.NC(N)=Nc1ccc(-c2csc(-c3ccc(N=C(N)N)cc3)n2)cc1. The van der Waals surface area contributed by atoms with Crippen molar-refractivity contribution in [2.24, 2.45) is 176 Å². The lowest BCUT2D eigenvalue weighted by Gasteiger charge is -2.06. The number of rotatable bonds is 24. The van der Waals surface area contributed by atoms with Crippen molar-refractivity contribution in [3.63, 3.8) is 0 Å². The largest absolute Gasteiger partial charge is 0.464 e. The molecule has 0 unspecified atom stereocenters. The van der Waals surface area contributed by atoms with Crippen molar-refractivity contribution >= 4 is 151 Å². The van der Waals surface area contributed by atoms with E-state index in [1.54, 1.807) is 28.9 Å². The van der Waals surface area contributed by atoms with Crippen molar-refractivity contribution in [2.75, 3.05) is 0 Å². The van der Waals surface area contributed by atoms with E-state index in [1.165, 1.54) is 9.75 Å². The summed E-state index contributed by atoms with van der Waals surface area (Å²) >= 11 is 3.28. The van der Waals surface area contributed by atoms with Gasteiger partial charge in [0.1, 0.15) is 45.5 Å². The van der Waals surface area contributed by atoms with Crippen LogP contribution >= 0.6 is 22.7 Å². The molecule has 0 radical (unpaired) electrons. The highest BCUT2D eigenvalue weighted by Gasteiger charge is 2.17. The first kappa shape index (κ1) is 106. The van der Waals surface area contributed by atoms with Gasteiger partial charge in [-0.1, -0.05) is 91.0 Å². The number of guanidine groups is 10. The third-order valence-corrected chi connectivity index (χ3v) is 23.4. The molecular weight excluding hydrogens is 1930 g/mol. The van der Waals surface area contributed by atoms with Crippen LogP contribution < -0.4 is 126 Å². The van der Waals surface area contributed by atoms with Crippen LogP contribution in [-0.4, -0.2) is 81.2 Å². The van der Waals surface area contributed by atoms with Crippen molar-refractivity contribution in [1.82, 2.24) is 9.97 Å². The van der Waals surface area contributed by atoms with E-state index in [2.05, 4.69) is 72.0 Å². The third kappa shape index (κ3) is 30.9. The number of thiophene rings is 1. The molecule has 150 heavy (non-hydrogen) atoms. The first-order valence-electron chi connectivity index (χ1n) is 45.4. The van der Waals surface area contributed by atoms with E-state index in [-0.39, 0.29) is 71.3 Å². The van der Waals surface area contributed by atoms with Crippen LogP contribution in [0.2, 0.25) is 0 Å². The first-order chi connectivity index (χ1) is 71.9. The number of benzene rings is 12.